The molecular weight excluding hydrogens is 391 g/mol. The summed E-state index contributed by atoms with van der Waals surface area (Å²) in [4.78, 5) is 10.7. The van der Waals surface area contributed by atoms with Crippen LogP contribution < -0.4 is 10.2 Å². The highest BCUT2D eigenvalue weighted by Gasteiger charge is 2.41. The second-order valence-corrected chi connectivity index (χ2v) is 7.70. The lowest BCUT2D eigenvalue weighted by Gasteiger charge is -2.18. The second kappa shape index (κ2) is 7.14. The van der Waals surface area contributed by atoms with Crippen LogP contribution >= 0.6 is 0 Å². The third-order valence-electron chi connectivity index (χ3n) is 5.15. The Morgan fingerprint density at radius 2 is 1.83 bits per heavy atom. The number of fused-ring (bicyclic) bond motifs is 1. The van der Waals surface area contributed by atoms with Gasteiger partial charge in [-0.15, -0.1) is 0 Å². The molecule has 0 radical (unpaired) electrons. The van der Waals surface area contributed by atoms with E-state index in [9.17, 15) is 22.4 Å². The molecule has 0 saturated carbocycles. The summed E-state index contributed by atoms with van der Waals surface area (Å²) in [6.45, 7) is 4.22. The zero-order valence-corrected chi connectivity index (χ0v) is 15.7. The molecule has 2 aromatic carbocycles. The summed E-state index contributed by atoms with van der Waals surface area (Å²) >= 11 is 0. The van der Waals surface area contributed by atoms with Crippen LogP contribution in [0.3, 0.4) is 0 Å². The van der Waals surface area contributed by atoms with Gasteiger partial charge in [0.25, 0.3) is 0 Å². The quantitative estimate of drug-likeness (QED) is 0.336. The van der Waals surface area contributed by atoms with E-state index in [1.165, 1.54) is 0 Å². The van der Waals surface area contributed by atoms with Crippen LogP contribution in [-0.4, -0.2) is 25.6 Å². The molecule has 4 nitrogen and oxygen atoms in total. The Morgan fingerprint density at radius 1 is 1.14 bits per heavy atom. The van der Waals surface area contributed by atoms with Gasteiger partial charge in [-0.25, -0.2) is 8.78 Å². The number of carbonyl (C=O) groups excluding carboxylic acids is 1. The van der Waals surface area contributed by atoms with Crippen LogP contribution in [0.2, 0.25) is 0 Å². The van der Waals surface area contributed by atoms with Gasteiger partial charge in [0, 0.05) is 0 Å². The number of hydrogen-bond acceptors (Lipinski definition) is 4. The fraction of sp³-hybridized carbons (Fsp3) is 0.350. The van der Waals surface area contributed by atoms with Gasteiger partial charge in [-0.1, -0.05) is 18.2 Å². The number of benzene rings is 2. The molecule has 4 rings (SSSR count). The predicted molar refractivity (Wildman–Crippen MR) is 96.3 cm³/mol. The van der Waals surface area contributed by atoms with Gasteiger partial charge in [-0.05, 0) is 43.3 Å². The first-order valence-corrected chi connectivity index (χ1v) is 9.12. The lowest BCUT2D eigenvalue weighted by Crippen LogP contribution is -2.36. The van der Waals surface area contributed by atoms with E-state index in [1.54, 1.807) is 12.1 Å². The monoisotopic (exact) mass is 408 g/mol. The molecule has 0 N–H and O–H groups in total. The minimum Gasteiger partial charge on any atom is -0.479 e. The molecule has 1 unspecified atom stereocenters. The first-order valence-electron chi connectivity index (χ1n) is 9.12. The average molecular weight is 408 g/mol. The van der Waals surface area contributed by atoms with Gasteiger partial charge in [0.15, 0.2) is 23.7 Å². The standard InChI is InChI=1S/C20H17BF4O4/c1-20(2)9-27-21(29-20)13-5-3-4-11-10(13)6-7-14(11)28-19-17(24)15(22)12(8-26)16(23)18(19)25/h3-5,8,14H,6-7,9H2,1-2H3. The van der Waals surface area contributed by atoms with Gasteiger partial charge >= 0.3 is 7.12 Å². The summed E-state index contributed by atoms with van der Waals surface area (Å²) in [7, 11) is -0.575. The number of hydrogen-bond donors (Lipinski definition) is 0. The number of halogens is 4. The molecule has 0 amide bonds. The first-order chi connectivity index (χ1) is 13.7. The lowest BCUT2D eigenvalue weighted by molar-refractivity contribution is 0.111. The topological polar surface area (TPSA) is 44.8 Å². The zero-order valence-electron chi connectivity index (χ0n) is 15.7. The maximum atomic E-state index is 14.2. The molecule has 0 spiro atoms. The largest absolute Gasteiger partial charge is 0.494 e. The van der Waals surface area contributed by atoms with Gasteiger partial charge in [0.1, 0.15) is 6.10 Å². The molecule has 1 heterocycles. The van der Waals surface area contributed by atoms with Crippen LogP contribution in [0, 0.1) is 23.3 Å². The van der Waals surface area contributed by atoms with Crippen molar-refractivity contribution in [3.05, 3.63) is 58.2 Å². The SMILES string of the molecule is CC1(C)COB(c2cccc3c2CCC3Oc2c(F)c(F)c(C=O)c(F)c2F)O1. The van der Waals surface area contributed by atoms with Crippen LogP contribution in [0.5, 0.6) is 5.75 Å². The Balaban J connectivity index is 1.67. The first kappa shape index (κ1) is 19.9. The molecule has 1 aliphatic heterocycles. The molecule has 1 atom stereocenters. The highest BCUT2D eigenvalue weighted by atomic mass is 19.2. The molecule has 29 heavy (non-hydrogen) atoms. The fourth-order valence-corrected chi connectivity index (χ4v) is 3.75. The van der Waals surface area contributed by atoms with Crippen molar-refractivity contribution in [2.45, 2.75) is 38.4 Å². The Morgan fingerprint density at radius 3 is 2.41 bits per heavy atom. The minimum atomic E-state index is -1.78. The van der Waals surface area contributed by atoms with Crippen molar-refractivity contribution >= 4 is 18.9 Å². The zero-order chi connectivity index (χ0) is 20.9. The second-order valence-electron chi connectivity index (χ2n) is 7.70. The van der Waals surface area contributed by atoms with Crippen molar-refractivity contribution in [3.63, 3.8) is 0 Å². The van der Waals surface area contributed by atoms with E-state index in [0.29, 0.717) is 25.0 Å². The van der Waals surface area contributed by atoms with Crippen LogP contribution in [0.1, 0.15) is 47.9 Å². The van der Waals surface area contributed by atoms with Crippen LogP contribution in [0.25, 0.3) is 0 Å². The highest BCUT2D eigenvalue weighted by Crippen LogP contribution is 2.38. The molecule has 1 aliphatic carbocycles. The van der Waals surface area contributed by atoms with E-state index in [2.05, 4.69) is 0 Å². The highest BCUT2D eigenvalue weighted by molar-refractivity contribution is 6.62. The molecule has 1 fully saturated rings. The normalized spacial score (nSPS) is 20.1. The fourth-order valence-electron chi connectivity index (χ4n) is 3.75. The van der Waals surface area contributed by atoms with Crippen LogP contribution in [-0.2, 0) is 15.7 Å². The van der Waals surface area contributed by atoms with Crippen LogP contribution in [0.15, 0.2) is 18.2 Å². The molecular formula is C20H17BF4O4. The van der Waals surface area contributed by atoms with E-state index in [-0.39, 0.29) is 6.29 Å². The molecule has 9 heteroatoms. The summed E-state index contributed by atoms with van der Waals surface area (Å²) in [5.41, 5.74) is 0.530. The summed E-state index contributed by atoms with van der Waals surface area (Å²) in [5, 5.41) is 0. The molecule has 1 saturated heterocycles. The summed E-state index contributed by atoms with van der Waals surface area (Å²) in [6.07, 6.45) is -0.231. The molecule has 0 aromatic heterocycles. The third kappa shape index (κ3) is 3.32. The Kier molecular flexibility index (Phi) is 4.90. The van der Waals surface area contributed by atoms with Gasteiger partial charge in [-0.3, -0.25) is 4.79 Å². The van der Waals surface area contributed by atoms with Crippen molar-refractivity contribution in [1.82, 2.24) is 0 Å². The number of ether oxygens (including phenoxy) is 1. The van der Waals surface area contributed by atoms with E-state index in [0.717, 1.165) is 11.0 Å². The average Bonchev–Trinajstić information content (AvgIpc) is 3.27. The molecule has 2 aromatic rings. The van der Waals surface area contributed by atoms with Crippen molar-refractivity contribution in [2.24, 2.45) is 0 Å². The summed E-state index contributed by atoms with van der Waals surface area (Å²) < 4.78 is 73.2. The molecule has 2 aliphatic rings. The van der Waals surface area contributed by atoms with E-state index < -0.39 is 53.4 Å². The van der Waals surface area contributed by atoms with Gasteiger partial charge in [0.2, 0.25) is 11.6 Å². The molecule has 0 bridgehead atoms. The Hall–Kier alpha value is -2.39. The summed E-state index contributed by atoms with van der Waals surface area (Å²) in [6, 6.07) is 5.29. The van der Waals surface area contributed by atoms with Gasteiger partial charge < -0.3 is 14.0 Å². The Labute approximate surface area is 164 Å². The van der Waals surface area contributed by atoms with Crippen molar-refractivity contribution in [1.29, 1.82) is 0 Å². The van der Waals surface area contributed by atoms with Gasteiger partial charge in [-0.2, -0.15) is 8.78 Å². The van der Waals surface area contributed by atoms with Crippen molar-refractivity contribution < 1.29 is 36.4 Å². The van der Waals surface area contributed by atoms with Crippen molar-refractivity contribution in [2.75, 3.05) is 6.61 Å². The molecule has 152 valence electrons. The maximum Gasteiger partial charge on any atom is 0.494 e. The number of rotatable bonds is 4. The van der Waals surface area contributed by atoms with Crippen molar-refractivity contribution in [3.8, 4) is 5.75 Å². The van der Waals surface area contributed by atoms with E-state index in [1.807, 2.05) is 19.9 Å². The lowest BCUT2D eigenvalue weighted by atomic mass is 9.75. The maximum absolute atomic E-state index is 14.2. The van der Waals surface area contributed by atoms with Crippen LogP contribution in [0.4, 0.5) is 17.6 Å². The Bertz CT molecular complexity index is 966. The third-order valence-corrected chi connectivity index (χ3v) is 5.15. The smallest absolute Gasteiger partial charge is 0.479 e. The van der Waals surface area contributed by atoms with E-state index in [4.69, 9.17) is 14.0 Å². The predicted octanol–water partition coefficient (Wildman–Crippen LogP) is 3.64. The summed E-state index contributed by atoms with van der Waals surface area (Å²) in [5.74, 6) is -8.21. The minimum absolute atomic E-state index is 0.277. The van der Waals surface area contributed by atoms with E-state index >= 15 is 0 Å². The number of aldehydes is 1. The van der Waals surface area contributed by atoms with Gasteiger partial charge in [0.05, 0.1) is 17.8 Å². The number of carbonyl (C=O) groups is 1.